The Labute approximate surface area is 380 Å². The van der Waals surface area contributed by atoms with Crippen LogP contribution in [0, 0.1) is 6.92 Å². The highest BCUT2D eigenvalue weighted by Gasteiger charge is 2.47. The average molecular weight is 823 g/mol. The number of hydrogen-bond donors (Lipinski definition) is 0. The second kappa shape index (κ2) is 16.4. The van der Waals surface area contributed by atoms with Crippen LogP contribution in [0.3, 0.4) is 0 Å². The van der Waals surface area contributed by atoms with Crippen LogP contribution in [-0.4, -0.2) is 0 Å². The first kappa shape index (κ1) is 40.8. The van der Waals surface area contributed by atoms with Crippen LogP contribution in [0.4, 0.5) is 0 Å². The molecule has 0 saturated carbocycles. The number of rotatable bonds is 10. The normalized spacial score (nSPS) is 17.3. The largest absolute Gasteiger partial charge is 0.0909 e. The van der Waals surface area contributed by atoms with Crippen molar-refractivity contribution in [3.63, 3.8) is 0 Å². The van der Waals surface area contributed by atoms with Gasteiger partial charge in [-0.3, -0.25) is 0 Å². The van der Waals surface area contributed by atoms with Gasteiger partial charge in [0, 0.05) is 0 Å². The van der Waals surface area contributed by atoms with E-state index in [1.807, 2.05) is 0 Å². The molecule has 0 amide bonds. The summed E-state index contributed by atoms with van der Waals surface area (Å²) in [6, 6.07) is 73.0. The zero-order valence-electron chi connectivity index (χ0n) is 37.6. The Balaban J connectivity index is 1.06. The first-order chi connectivity index (χ1) is 31.3. The number of aryl methyl sites for hydroxylation is 1. The molecule has 2 aliphatic rings. The van der Waals surface area contributed by atoms with Gasteiger partial charge in [0.1, 0.15) is 0 Å². The van der Waals surface area contributed by atoms with Crippen molar-refractivity contribution in [2.24, 2.45) is 0 Å². The van der Waals surface area contributed by atoms with Gasteiger partial charge < -0.3 is 0 Å². The summed E-state index contributed by atoms with van der Waals surface area (Å²) in [5, 5.41) is 0. The summed E-state index contributed by atoms with van der Waals surface area (Å²) in [5.74, 6) is 0. The predicted octanol–water partition coefficient (Wildman–Crippen LogP) is 16.2. The third kappa shape index (κ3) is 6.43. The molecule has 0 spiro atoms. The van der Waals surface area contributed by atoms with Crippen LogP contribution >= 0.6 is 0 Å². The van der Waals surface area contributed by atoms with E-state index in [0.717, 1.165) is 23.1 Å². The van der Waals surface area contributed by atoms with Crippen molar-refractivity contribution in [3.05, 3.63) is 302 Å². The Kier molecular flexibility index (Phi) is 10.5. The van der Waals surface area contributed by atoms with Gasteiger partial charge in [0.05, 0.1) is 10.8 Å². The van der Waals surface area contributed by atoms with Gasteiger partial charge in [0.25, 0.3) is 0 Å². The molecule has 0 bridgehead atoms. The van der Waals surface area contributed by atoms with Gasteiger partial charge in [0.15, 0.2) is 0 Å². The van der Waals surface area contributed by atoms with Crippen molar-refractivity contribution < 1.29 is 0 Å². The molecule has 8 aromatic rings. The van der Waals surface area contributed by atoms with E-state index in [4.69, 9.17) is 0 Å². The van der Waals surface area contributed by atoms with Crippen LogP contribution in [0.2, 0.25) is 0 Å². The lowest BCUT2D eigenvalue weighted by Crippen LogP contribution is -2.28. The van der Waals surface area contributed by atoms with Gasteiger partial charge >= 0.3 is 0 Å². The van der Waals surface area contributed by atoms with E-state index < -0.39 is 10.8 Å². The predicted molar refractivity (Wildman–Crippen MR) is 271 cm³/mol. The lowest BCUT2D eigenvalue weighted by molar-refractivity contribution is 0.767. The van der Waals surface area contributed by atoms with Gasteiger partial charge in [0.2, 0.25) is 0 Å². The molecule has 2 unspecified atom stereocenters. The molecular formula is C64H54. The maximum absolute atomic E-state index is 4.60. The Morgan fingerprint density at radius 2 is 1.00 bits per heavy atom. The first-order valence-corrected chi connectivity index (χ1v) is 22.7. The zero-order valence-corrected chi connectivity index (χ0v) is 37.6. The lowest BCUT2D eigenvalue weighted by atomic mass is 9.67. The third-order valence-corrected chi connectivity index (χ3v) is 14.0. The van der Waals surface area contributed by atoms with Crippen molar-refractivity contribution in [2.75, 3.05) is 0 Å². The monoisotopic (exact) mass is 822 g/mol. The fourth-order valence-electron chi connectivity index (χ4n) is 11.1. The standard InChI is InChI=1S/C64H54/c1-7-54(46(6)44(4)33-32-43(2)3)49-21-19-26-53(42-49)64(51-24-12-9-13-25-51)58-29-16-14-27-55(58)57-41-48(36-39-60(57)64)40-47-34-37-52(38-35-47)63(50-22-10-8-11-23-50)59-30-17-15-28-56(59)62-45(5)20-18-31-61(62)63/h7-39,41-42H,6,40H2,1-5H3. The van der Waals surface area contributed by atoms with Gasteiger partial charge in [-0.1, -0.05) is 218 Å². The summed E-state index contributed by atoms with van der Waals surface area (Å²) < 4.78 is 0. The minimum Gasteiger partial charge on any atom is -0.0909 e. The van der Waals surface area contributed by atoms with Crippen LogP contribution in [0.5, 0.6) is 0 Å². The summed E-state index contributed by atoms with van der Waals surface area (Å²) >= 11 is 0. The molecule has 2 aliphatic carbocycles. The van der Waals surface area contributed by atoms with Gasteiger partial charge in [-0.15, -0.1) is 0 Å². The van der Waals surface area contributed by atoms with Crippen molar-refractivity contribution in [3.8, 4) is 22.3 Å². The fourth-order valence-corrected chi connectivity index (χ4v) is 11.1. The minimum absolute atomic E-state index is 0.408. The van der Waals surface area contributed by atoms with Crippen molar-refractivity contribution in [1.29, 1.82) is 0 Å². The molecule has 0 aromatic heterocycles. The van der Waals surface area contributed by atoms with Gasteiger partial charge in [-0.25, -0.2) is 0 Å². The Morgan fingerprint density at radius 3 is 1.67 bits per heavy atom. The first-order valence-electron chi connectivity index (χ1n) is 22.7. The van der Waals surface area contributed by atoms with E-state index in [9.17, 15) is 0 Å². The maximum atomic E-state index is 4.60. The molecule has 8 aromatic carbocycles. The molecule has 0 saturated heterocycles. The van der Waals surface area contributed by atoms with E-state index in [1.54, 1.807) is 0 Å². The van der Waals surface area contributed by atoms with Crippen molar-refractivity contribution in [1.82, 2.24) is 0 Å². The molecule has 0 nitrogen and oxygen atoms in total. The van der Waals surface area contributed by atoms with Crippen LogP contribution < -0.4 is 0 Å². The fraction of sp³-hybridized carbons (Fsp3) is 0.125. The van der Waals surface area contributed by atoms with E-state index >= 15 is 0 Å². The van der Waals surface area contributed by atoms with Crippen molar-refractivity contribution >= 4 is 5.57 Å². The van der Waals surface area contributed by atoms with Crippen LogP contribution in [0.15, 0.2) is 236 Å². The molecule has 0 N–H and O–H groups in total. The van der Waals surface area contributed by atoms with Crippen LogP contribution in [0.1, 0.15) is 94.5 Å². The van der Waals surface area contributed by atoms with Crippen LogP contribution in [-0.2, 0) is 17.3 Å². The summed E-state index contributed by atoms with van der Waals surface area (Å²) in [7, 11) is 0. The Hall–Kier alpha value is -7.28. The third-order valence-electron chi connectivity index (χ3n) is 14.0. The summed E-state index contributed by atoms with van der Waals surface area (Å²) in [6.45, 7) is 15.4. The smallest absolute Gasteiger partial charge is 0.0713 e. The maximum Gasteiger partial charge on any atom is 0.0713 e. The molecule has 0 heterocycles. The molecule has 310 valence electrons. The Bertz CT molecular complexity index is 3170. The summed E-state index contributed by atoms with van der Waals surface area (Å²) in [6.07, 6.45) is 7.39. The van der Waals surface area contributed by atoms with Crippen molar-refractivity contribution in [2.45, 2.75) is 51.9 Å². The number of hydrogen-bond acceptors (Lipinski definition) is 0. The number of fused-ring (bicyclic) bond motifs is 6. The molecule has 0 fully saturated rings. The average Bonchev–Trinajstić information content (AvgIpc) is 3.81. The molecule has 10 rings (SSSR count). The second-order valence-electron chi connectivity index (χ2n) is 17.9. The molecule has 0 radical (unpaired) electrons. The van der Waals surface area contributed by atoms with Gasteiger partial charge in [-0.05, 0) is 153 Å². The molecule has 2 atom stereocenters. The SMILES string of the molecule is C=C(C(C)=CC=C(C)C)C(=CC)c1cccc(C2(c3ccccc3)c3ccccc3-c3cc(Cc4ccc(C5(c6ccccc6)c6ccccc6-c6c(C)cccc65)cc4)ccc32)c1. The minimum atomic E-state index is -0.505. The van der Waals surface area contributed by atoms with Gasteiger partial charge in [-0.2, -0.15) is 0 Å². The highest BCUT2D eigenvalue weighted by atomic mass is 14.5. The highest BCUT2D eigenvalue weighted by molar-refractivity contribution is 5.90. The molecule has 64 heavy (non-hydrogen) atoms. The zero-order chi connectivity index (χ0) is 44.0. The molecule has 0 aliphatic heterocycles. The second-order valence-corrected chi connectivity index (χ2v) is 17.9. The molecular weight excluding hydrogens is 769 g/mol. The quantitative estimate of drug-likeness (QED) is 0.121. The number of benzene rings is 8. The molecule has 0 heteroatoms. The summed E-state index contributed by atoms with van der Waals surface area (Å²) in [4.78, 5) is 0. The van der Waals surface area contributed by atoms with E-state index in [-0.39, 0.29) is 0 Å². The van der Waals surface area contributed by atoms with E-state index in [2.05, 4.69) is 254 Å². The van der Waals surface area contributed by atoms with E-state index in [0.29, 0.717) is 0 Å². The number of allylic oxidation sites excluding steroid dienone is 7. The highest BCUT2D eigenvalue weighted by Crippen LogP contribution is 2.58. The lowest BCUT2D eigenvalue weighted by Gasteiger charge is -2.34. The topological polar surface area (TPSA) is 0 Å². The summed E-state index contributed by atoms with van der Waals surface area (Å²) in [5.41, 5.74) is 24.5. The van der Waals surface area contributed by atoms with Crippen LogP contribution in [0.25, 0.3) is 27.8 Å². The Morgan fingerprint density at radius 1 is 0.469 bits per heavy atom. The van der Waals surface area contributed by atoms with E-state index in [1.165, 1.54) is 94.6 Å².